The summed E-state index contributed by atoms with van der Waals surface area (Å²) in [6.07, 6.45) is 0.726. The quantitative estimate of drug-likeness (QED) is 0.627. The average molecular weight is 331 g/mol. The van der Waals surface area contributed by atoms with Crippen LogP contribution in [0.2, 0.25) is 0 Å². The minimum atomic E-state index is -0.176. The zero-order valence-corrected chi connectivity index (χ0v) is 11.1. The first-order valence-corrected chi connectivity index (χ1v) is 6.87. The van der Waals surface area contributed by atoms with E-state index in [4.69, 9.17) is 4.74 Å². The molecule has 0 aliphatic carbocycles. The predicted molar refractivity (Wildman–Crippen MR) is 70.8 cm³/mol. The standard InChI is InChI=1S/C12H14INO2/c13-9-11-3-1-2-10(8-11)4-5-14-6-7-16-12(14)15/h1-3,8H,4-7,9H2. The first-order valence-electron chi connectivity index (χ1n) is 5.35. The van der Waals surface area contributed by atoms with E-state index in [-0.39, 0.29) is 6.09 Å². The van der Waals surface area contributed by atoms with Crippen LogP contribution in [0.4, 0.5) is 4.79 Å². The van der Waals surface area contributed by atoms with Gasteiger partial charge in [-0.25, -0.2) is 4.79 Å². The zero-order chi connectivity index (χ0) is 11.4. The van der Waals surface area contributed by atoms with Crippen molar-refractivity contribution in [1.29, 1.82) is 0 Å². The molecular weight excluding hydrogens is 317 g/mol. The van der Waals surface area contributed by atoms with Gasteiger partial charge in [0.25, 0.3) is 0 Å². The highest BCUT2D eigenvalue weighted by atomic mass is 127. The first-order chi connectivity index (χ1) is 7.79. The van der Waals surface area contributed by atoms with Gasteiger partial charge in [0.1, 0.15) is 6.61 Å². The van der Waals surface area contributed by atoms with Gasteiger partial charge >= 0.3 is 6.09 Å². The normalized spacial score (nSPS) is 15.3. The third kappa shape index (κ3) is 2.87. The van der Waals surface area contributed by atoms with Crippen LogP contribution in [0.25, 0.3) is 0 Å². The Labute approximate surface area is 109 Å². The van der Waals surface area contributed by atoms with Crippen molar-refractivity contribution in [1.82, 2.24) is 4.90 Å². The fraction of sp³-hybridized carbons (Fsp3) is 0.417. The summed E-state index contributed by atoms with van der Waals surface area (Å²) in [5.41, 5.74) is 2.62. The van der Waals surface area contributed by atoms with Gasteiger partial charge in [-0.2, -0.15) is 0 Å². The molecule has 0 spiro atoms. The van der Waals surface area contributed by atoms with E-state index in [1.807, 2.05) is 0 Å². The van der Waals surface area contributed by atoms with E-state index in [9.17, 15) is 4.79 Å². The summed E-state index contributed by atoms with van der Waals surface area (Å²) in [7, 11) is 0. The molecule has 0 aromatic heterocycles. The van der Waals surface area contributed by atoms with Crippen LogP contribution in [0.1, 0.15) is 11.1 Å². The van der Waals surface area contributed by atoms with E-state index < -0.39 is 0 Å². The molecule has 0 N–H and O–H groups in total. The van der Waals surface area contributed by atoms with Gasteiger partial charge in [0.05, 0.1) is 6.54 Å². The Morgan fingerprint density at radius 3 is 2.88 bits per heavy atom. The fourth-order valence-corrected chi connectivity index (χ4v) is 2.24. The number of rotatable bonds is 4. The highest BCUT2D eigenvalue weighted by Gasteiger charge is 2.20. The van der Waals surface area contributed by atoms with Crippen LogP contribution in [0, 0.1) is 0 Å². The van der Waals surface area contributed by atoms with Gasteiger partial charge in [0.15, 0.2) is 0 Å². The number of ether oxygens (including phenoxy) is 1. The van der Waals surface area contributed by atoms with Gasteiger partial charge in [-0.05, 0) is 17.5 Å². The van der Waals surface area contributed by atoms with Crippen LogP contribution in [-0.4, -0.2) is 30.7 Å². The molecule has 0 bridgehead atoms. The molecule has 1 aliphatic heterocycles. The van der Waals surface area contributed by atoms with Crippen molar-refractivity contribution >= 4 is 28.7 Å². The van der Waals surface area contributed by atoms with Crippen molar-refractivity contribution in [3.63, 3.8) is 0 Å². The summed E-state index contributed by atoms with van der Waals surface area (Å²) in [6.45, 7) is 2.01. The van der Waals surface area contributed by atoms with Crippen molar-refractivity contribution in [2.75, 3.05) is 19.7 Å². The van der Waals surface area contributed by atoms with Gasteiger partial charge in [-0.1, -0.05) is 46.9 Å². The summed E-state index contributed by atoms with van der Waals surface area (Å²) in [5, 5.41) is 0. The van der Waals surface area contributed by atoms with Crippen molar-refractivity contribution in [2.45, 2.75) is 10.8 Å². The number of amides is 1. The Morgan fingerprint density at radius 2 is 2.19 bits per heavy atom. The number of halogens is 1. The number of benzene rings is 1. The Kier molecular flexibility index (Phi) is 4.04. The summed E-state index contributed by atoms with van der Waals surface area (Å²) in [6, 6.07) is 8.51. The van der Waals surface area contributed by atoms with Crippen molar-refractivity contribution in [3.8, 4) is 0 Å². The predicted octanol–water partition coefficient (Wildman–Crippen LogP) is 2.62. The second-order valence-electron chi connectivity index (χ2n) is 3.80. The second-order valence-corrected chi connectivity index (χ2v) is 4.57. The van der Waals surface area contributed by atoms with Crippen LogP contribution in [0.3, 0.4) is 0 Å². The minimum Gasteiger partial charge on any atom is -0.448 e. The molecule has 0 radical (unpaired) electrons. The molecule has 0 saturated carbocycles. The highest BCUT2D eigenvalue weighted by molar-refractivity contribution is 14.1. The van der Waals surface area contributed by atoms with Crippen LogP contribution in [0.15, 0.2) is 24.3 Å². The molecule has 2 rings (SSSR count). The van der Waals surface area contributed by atoms with E-state index in [0.29, 0.717) is 6.61 Å². The molecule has 1 amide bonds. The molecule has 1 saturated heterocycles. The van der Waals surface area contributed by atoms with Gasteiger partial charge in [-0.3, -0.25) is 0 Å². The summed E-state index contributed by atoms with van der Waals surface area (Å²) >= 11 is 2.36. The second kappa shape index (κ2) is 5.52. The van der Waals surface area contributed by atoms with E-state index >= 15 is 0 Å². The Hall–Kier alpha value is -0.780. The van der Waals surface area contributed by atoms with Gasteiger partial charge in [0, 0.05) is 11.0 Å². The Morgan fingerprint density at radius 1 is 1.38 bits per heavy atom. The molecular formula is C12H14INO2. The average Bonchev–Trinajstić information content (AvgIpc) is 2.72. The van der Waals surface area contributed by atoms with Gasteiger partial charge in [-0.15, -0.1) is 0 Å². The van der Waals surface area contributed by atoms with Gasteiger partial charge < -0.3 is 9.64 Å². The number of cyclic esters (lactones) is 1. The zero-order valence-electron chi connectivity index (χ0n) is 8.99. The SMILES string of the molecule is O=C1OCCN1CCc1cccc(CI)c1. The lowest BCUT2D eigenvalue weighted by Crippen LogP contribution is -2.26. The molecule has 0 atom stereocenters. The lowest BCUT2D eigenvalue weighted by Gasteiger charge is -2.12. The third-order valence-electron chi connectivity index (χ3n) is 2.66. The number of alkyl halides is 1. The van der Waals surface area contributed by atoms with E-state index in [1.165, 1.54) is 11.1 Å². The smallest absolute Gasteiger partial charge is 0.409 e. The van der Waals surface area contributed by atoms with Crippen molar-refractivity contribution in [2.24, 2.45) is 0 Å². The number of carbonyl (C=O) groups is 1. The number of nitrogens with zero attached hydrogens (tertiary/aromatic N) is 1. The summed E-state index contributed by atoms with van der Waals surface area (Å²) in [5.74, 6) is 0. The van der Waals surface area contributed by atoms with Crippen molar-refractivity contribution in [3.05, 3.63) is 35.4 Å². The maximum atomic E-state index is 11.2. The molecule has 4 heteroatoms. The summed E-state index contributed by atoms with van der Waals surface area (Å²) in [4.78, 5) is 13.0. The third-order valence-corrected chi connectivity index (χ3v) is 3.54. The van der Waals surface area contributed by atoms with E-state index in [1.54, 1.807) is 4.90 Å². The van der Waals surface area contributed by atoms with Crippen LogP contribution in [0.5, 0.6) is 0 Å². The Bertz CT molecular complexity index is 381. The largest absolute Gasteiger partial charge is 0.448 e. The minimum absolute atomic E-state index is 0.176. The van der Waals surface area contributed by atoms with Crippen molar-refractivity contribution < 1.29 is 9.53 Å². The number of carbonyl (C=O) groups excluding carboxylic acids is 1. The first kappa shape index (κ1) is 11.7. The lowest BCUT2D eigenvalue weighted by molar-refractivity contribution is 0.159. The topological polar surface area (TPSA) is 29.5 Å². The molecule has 1 aliphatic rings. The van der Waals surface area contributed by atoms with E-state index in [2.05, 4.69) is 46.9 Å². The fourth-order valence-electron chi connectivity index (χ4n) is 1.76. The monoisotopic (exact) mass is 331 g/mol. The maximum Gasteiger partial charge on any atom is 0.409 e. The van der Waals surface area contributed by atoms with Crippen LogP contribution >= 0.6 is 22.6 Å². The summed E-state index contributed by atoms with van der Waals surface area (Å²) < 4.78 is 5.91. The van der Waals surface area contributed by atoms with E-state index in [0.717, 1.165) is 23.9 Å². The van der Waals surface area contributed by atoms with Gasteiger partial charge in [0.2, 0.25) is 0 Å². The highest BCUT2D eigenvalue weighted by Crippen LogP contribution is 2.11. The number of hydrogen-bond donors (Lipinski definition) is 0. The Balaban J connectivity index is 1.91. The molecule has 1 heterocycles. The maximum absolute atomic E-state index is 11.2. The molecule has 3 nitrogen and oxygen atoms in total. The lowest BCUT2D eigenvalue weighted by atomic mass is 10.1. The molecule has 1 aromatic rings. The molecule has 0 unspecified atom stereocenters. The number of hydrogen-bond acceptors (Lipinski definition) is 2. The molecule has 1 aromatic carbocycles. The molecule has 16 heavy (non-hydrogen) atoms. The van der Waals surface area contributed by atoms with Crippen LogP contribution in [-0.2, 0) is 15.6 Å². The molecule has 86 valence electrons. The van der Waals surface area contributed by atoms with Crippen LogP contribution < -0.4 is 0 Å². The molecule has 1 fully saturated rings.